The first-order valence-corrected chi connectivity index (χ1v) is 10.8. The summed E-state index contributed by atoms with van der Waals surface area (Å²) < 4.78 is 1.53. The number of carbonyl (C=O) groups excluding carboxylic acids is 2. The Morgan fingerprint density at radius 1 is 0.970 bits per heavy atom. The first-order valence-electron chi connectivity index (χ1n) is 10.4. The van der Waals surface area contributed by atoms with Crippen molar-refractivity contribution in [1.29, 1.82) is 0 Å². The monoisotopic (exact) mass is 459 g/mol. The summed E-state index contributed by atoms with van der Waals surface area (Å²) in [4.78, 5) is 43.6. The molecule has 166 valence electrons. The number of halogens is 1. The van der Waals surface area contributed by atoms with Gasteiger partial charge in [0.05, 0.1) is 21.7 Å². The van der Waals surface area contributed by atoms with Gasteiger partial charge in [0.1, 0.15) is 12.2 Å². The lowest BCUT2D eigenvalue weighted by molar-refractivity contribution is -0.116. The van der Waals surface area contributed by atoms with Gasteiger partial charge in [-0.15, -0.1) is 0 Å². The molecule has 7 heteroatoms. The van der Waals surface area contributed by atoms with E-state index >= 15 is 0 Å². The van der Waals surface area contributed by atoms with Gasteiger partial charge in [-0.1, -0.05) is 47.5 Å². The molecular weight excluding hydrogens is 438 g/mol. The smallest absolute Gasteiger partial charge is 0.244 e. The number of aromatic nitrogens is 2. The molecule has 0 radical (unpaired) electrons. The number of ketones is 1. The SMILES string of the molecule is Cc1ccc(C(=O)c2cn(CC(=O)Nc3ccc(C)cc3Cl)c3nc(C)ccc3c2=O)cc1. The van der Waals surface area contributed by atoms with Gasteiger partial charge >= 0.3 is 0 Å². The minimum Gasteiger partial charge on any atom is -0.323 e. The molecule has 2 heterocycles. The van der Waals surface area contributed by atoms with E-state index in [0.29, 0.717) is 27.6 Å². The van der Waals surface area contributed by atoms with Crippen LogP contribution in [0.3, 0.4) is 0 Å². The van der Waals surface area contributed by atoms with Crippen molar-refractivity contribution in [1.82, 2.24) is 9.55 Å². The van der Waals surface area contributed by atoms with Gasteiger partial charge in [0.2, 0.25) is 11.3 Å². The van der Waals surface area contributed by atoms with Crippen molar-refractivity contribution in [3.05, 3.63) is 104 Å². The van der Waals surface area contributed by atoms with Gasteiger partial charge < -0.3 is 9.88 Å². The van der Waals surface area contributed by atoms with Crippen LogP contribution in [0.4, 0.5) is 5.69 Å². The van der Waals surface area contributed by atoms with Crippen LogP contribution < -0.4 is 10.7 Å². The zero-order valence-electron chi connectivity index (χ0n) is 18.5. The van der Waals surface area contributed by atoms with Crippen LogP contribution >= 0.6 is 11.6 Å². The first kappa shape index (κ1) is 22.4. The van der Waals surface area contributed by atoms with Crippen LogP contribution in [-0.2, 0) is 11.3 Å². The van der Waals surface area contributed by atoms with Crippen molar-refractivity contribution in [2.45, 2.75) is 27.3 Å². The maximum Gasteiger partial charge on any atom is 0.244 e. The van der Waals surface area contributed by atoms with Gasteiger partial charge in [-0.3, -0.25) is 14.4 Å². The van der Waals surface area contributed by atoms with Crippen LogP contribution in [0, 0.1) is 20.8 Å². The summed E-state index contributed by atoms with van der Waals surface area (Å²) in [5.74, 6) is -0.763. The molecule has 1 N–H and O–H groups in total. The van der Waals surface area contributed by atoms with Gasteiger partial charge in [0, 0.05) is 17.5 Å². The standard InChI is InChI=1S/C26H22ClN3O3/c1-15-4-8-18(9-5-15)24(32)20-13-30(26-19(25(20)33)10-7-17(3)28-26)14-23(31)29-22-11-6-16(2)12-21(22)27/h4-13H,14H2,1-3H3,(H,29,31). The molecule has 2 aromatic heterocycles. The van der Waals surface area contributed by atoms with Crippen LogP contribution in [0.2, 0.25) is 5.02 Å². The van der Waals surface area contributed by atoms with Gasteiger partial charge in [0.25, 0.3) is 0 Å². The number of nitrogens with one attached hydrogen (secondary N) is 1. The van der Waals surface area contributed by atoms with E-state index in [2.05, 4.69) is 10.3 Å². The number of fused-ring (bicyclic) bond motifs is 1. The Morgan fingerprint density at radius 3 is 2.36 bits per heavy atom. The Bertz CT molecular complexity index is 1460. The molecule has 0 atom stereocenters. The van der Waals surface area contributed by atoms with Gasteiger partial charge in [0.15, 0.2) is 5.78 Å². The molecule has 0 aliphatic rings. The molecule has 4 aromatic rings. The highest BCUT2D eigenvalue weighted by Gasteiger charge is 2.19. The Hall–Kier alpha value is -3.77. The Labute approximate surface area is 195 Å². The molecule has 0 bridgehead atoms. The highest BCUT2D eigenvalue weighted by molar-refractivity contribution is 6.33. The second-order valence-electron chi connectivity index (χ2n) is 8.05. The van der Waals surface area contributed by atoms with Crippen LogP contribution in [0.1, 0.15) is 32.7 Å². The van der Waals surface area contributed by atoms with Crippen molar-refractivity contribution in [2.75, 3.05) is 5.32 Å². The molecular formula is C26H22ClN3O3. The van der Waals surface area contributed by atoms with E-state index < -0.39 is 11.2 Å². The Morgan fingerprint density at radius 2 is 1.67 bits per heavy atom. The zero-order chi connectivity index (χ0) is 23.7. The lowest BCUT2D eigenvalue weighted by Gasteiger charge is -2.14. The molecule has 1 amide bonds. The fourth-order valence-corrected chi connectivity index (χ4v) is 3.85. The summed E-state index contributed by atoms with van der Waals surface area (Å²) >= 11 is 6.24. The van der Waals surface area contributed by atoms with E-state index in [4.69, 9.17) is 11.6 Å². The average molecular weight is 460 g/mol. The molecule has 0 spiro atoms. The summed E-state index contributed by atoms with van der Waals surface area (Å²) in [5, 5.41) is 3.49. The number of carbonyl (C=O) groups is 2. The molecule has 0 saturated carbocycles. The molecule has 0 saturated heterocycles. The normalized spacial score (nSPS) is 10.9. The van der Waals surface area contributed by atoms with Gasteiger partial charge in [-0.05, 0) is 50.6 Å². The fraction of sp³-hybridized carbons (Fsp3) is 0.154. The van der Waals surface area contributed by atoms with Crippen molar-refractivity contribution in [2.24, 2.45) is 0 Å². The summed E-state index contributed by atoms with van der Waals surface area (Å²) in [7, 11) is 0. The van der Waals surface area contributed by atoms with E-state index in [1.165, 1.54) is 10.8 Å². The molecule has 33 heavy (non-hydrogen) atoms. The van der Waals surface area contributed by atoms with E-state index in [1.54, 1.807) is 43.3 Å². The molecule has 4 rings (SSSR count). The summed E-state index contributed by atoms with van der Waals surface area (Å²) in [6.45, 7) is 5.48. The predicted molar refractivity (Wildman–Crippen MR) is 130 cm³/mol. The number of pyridine rings is 2. The quantitative estimate of drug-likeness (QED) is 0.433. The number of hydrogen-bond acceptors (Lipinski definition) is 4. The zero-order valence-corrected chi connectivity index (χ0v) is 19.2. The van der Waals surface area contributed by atoms with E-state index in [0.717, 1.165) is 11.1 Å². The topological polar surface area (TPSA) is 81.1 Å². The molecule has 6 nitrogen and oxygen atoms in total. The van der Waals surface area contributed by atoms with Gasteiger partial charge in [-0.2, -0.15) is 0 Å². The number of amides is 1. The van der Waals surface area contributed by atoms with Crippen LogP contribution in [-0.4, -0.2) is 21.2 Å². The van der Waals surface area contributed by atoms with E-state index in [-0.39, 0.29) is 23.4 Å². The highest BCUT2D eigenvalue weighted by atomic mass is 35.5. The molecule has 0 aliphatic carbocycles. The lowest BCUT2D eigenvalue weighted by atomic mass is 10.0. The van der Waals surface area contributed by atoms with E-state index in [1.807, 2.05) is 32.0 Å². The van der Waals surface area contributed by atoms with E-state index in [9.17, 15) is 14.4 Å². The van der Waals surface area contributed by atoms with Crippen molar-refractivity contribution < 1.29 is 9.59 Å². The third-order valence-electron chi connectivity index (χ3n) is 5.33. The molecule has 0 unspecified atom stereocenters. The highest BCUT2D eigenvalue weighted by Crippen LogP contribution is 2.23. The number of anilines is 1. The second-order valence-corrected chi connectivity index (χ2v) is 8.46. The van der Waals surface area contributed by atoms with Crippen LogP contribution in [0.15, 0.2) is 65.6 Å². The fourth-order valence-electron chi connectivity index (χ4n) is 3.57. The molecule has 2 aromatic carbocycles. The van der Waals surface area contributed by atoms with Crippen molar-refractivity contribution in [3.63, 3.8) is 0 Å². The second kappa shape index (κ2) is 9.00. The Kier molecular flexibility index (Phi) is 6.11. The van der Waals surface area contributed by atoms with Crippen LogP contribution in [0.5, 0.6) is 0 Å². The van der Waals surface area contributed by atoms with Crippen molar-refractivity contribution >= 4 is 40.0 Å². The first-order chi connectivity index (χ1) is 15.7. The summed E-state index contributed by atoms with van der Waals surface area (Å²) in [6.07, 6.45) is 1.41. The minimum absolute atomic E-state index is 0.0156. The Balaban J connectivity index is 1.76. The van der Waals surface area contributed by atoms with Crippen molar-refractivity contribution in [3.8, 4) is 0 Å². The average Bonchev–Trinajstić information content (AvgIpc) is 2.77. The lowest BCUT2D eigenvalue weighted by Crippen LogP contribution is -2.25. The number of rotatable bonds is 5. The number of aryl methyl sites for hydroxylation is 3. The largest absolute Gasteiger partial charge is 0.323 e. The third kappa shape index (κ3) is 4.71. The predicted octanol–water partition coefficient (Wildman–Crippen LogP) is 4.84. The summed E-state index contributed by atoms with van der Waals surface area (Å²) in [6, 6.07) is 15.7. The molecule has 0 fully saturated rings. The number of hydrogen-bond donors (Lipinski definition) is 1. The van der Waals surface area contributed by atoms with Crippen LogP contribution in [0.25, 0.3) is 11.0 Å². The summed E-state index contributed by atoms with van der Waals surface area (Å²) in [5.41, 5.74) is 3.47. The number of benzene rings is 2. The van der Waals surface area contributed by atoms with Gasteiger partial charge in [-0.25, -0.2) is 4.98 Å². The third-order valence-corrected chi connectivity index (χ3v) is 5.64. The maximum absolute atomic E-state index is 13.1. The molecule has 0 aliphatic heterocycles. The maximum atomic E-state index is 13.1. The minimum atomic E-state index is -0.415. The number of nitrogens with zero attached hydrogens (tertiary/aromatic N) is 2.